The van der Waals surface area contributed by atoms with Gasteiger partial charge in [-0.2, -0.15) is 0 Å². The van der Waals surface area contributed by atoms with E-state index in [1.165, 1.54) is 26.2 Å². The van der Waals surface area contributed by atoms with Gasteiger partial charge in [-0.05, 0) is 38.1 Å². The Morgan fingerprint density at radius 3 is 2.32 bits per heavy atom. The van der Waals surface area contributed by atoms with Gasteiger partial charge in [-0.25, -0.2) is 8.42 Å². The Morgan fingerprint density at radius 1 is 1.26 bits per heavy atom. The Balaban J connectivity index is 2.86. The summed E-state index contributed by atoms with van der Waals surface area (Å²) in [4.78, 5) is 11.5. The summed E-state index contributed by atoms with van der Waals surface area (Å²) in [7, 11) is -2.03. The molecule has 1 atom stereocenters. The first-order valence-electron chi connectivity index (χ1n) is 5.95. The van der Waals surface area contributed by atoms with Crippen LogP contribution in [-0.4, -0.2) is 33.4 Å². The third-order valence-corrected chi connectivity index (χ3v) is 4.83. The number of hydrogen-bond donors (Lipinski definition) is 0. The van der Waals surface area contributed by atoms with Crippen molar-refractivity contribution in [2.24, 2.45) is 0 Å². The zero-order valence-corrected chi connectivity index (χ0v) is 12.1. The molecule has 0 saturated carbocycles. The van der Waals surface area contributed by atoms with Gasteiger partial charge in [0.15, 0.2) is 9.84 Å². The summed E-state index contributed by atoms with van der Waals surface area (Å²) in [6.07, 6.45) is -0.151. The molecule has 0 fully saturated rings. The highest BCUT2D eigenvalue weighted by molar-refractivity contribution is 7.92. The largest absolute Gasteiger partial charge is 0.497 e. The zero-order chi connectivity index (χ0) is 14.5. The molecule has 0 heterocycles. The minimum Gasteiger partial charge on any atom is -0.497 e. The minimum atomic E-state index is -3.53. The average Bonchev–Trinajstić information content (AvgIpc) is 2.39. The molecule has 0 aliphatic carbocycles. The van der Waals surface area contributed by atoms with Gasteiger partial charge in [-0.15, -0.1) is 0 Å². The maximum Gasteiger partial charge on any atom is 0.307 e. The molecule has 0 aliphatic rings. The van der Waals surface area contributed by atoms with Gasteiger partial charge in [0.05, 0.1) is 30.3 Å². The molecule has 1 aromatic carbocycles. The standard InChI is InChI=1S/C13H18O5S/c1-4-18-13(14)9-10(2)19(15,16)12-7-5-11(17-3)6-8-12/h5-8,10H,4,9H2,1-3H3. The van der Waals surface area contributed by atoms with Crippen molar-refractivity contribution in [2.45, 2.75) is 30.4 Å². The Bertz CT molecular complexity index is 518. The lowest BCUT2D eigenvalue weighted by Gasteiger charge is -2.12. The van der Waals surface area contributed by atoms with E-state index in [0.717, 1.165) is 0 Å². The Kier molecular flexibility index (Phi) is 5.35. The summed E-state index contributed by atoms with van der Waals surface area (Å²) in [5.41, 5.74) is 0. The minimum absolute atomic E-state index is 0.151. The van der Waals surface area contributed by atoms with E-state index in [1.54, 1.807) is 19.1 Å². The summed E-state index contributed by atoms with van der Waals surface area (Å²) in [5, 5.41) is -0.819. The fraction of sp³-hybridized carbons (Fsp3) is 0.462. The zero-order valence-electron chi connectivity index (χ0n) is 11.3. The average molecular weight is 286 g/mol. The van der Waals surface area contributed by atoms with Crippen LogP contribution in [0.4, 0.5) is 0 Å². The molecule has 0 saturated heterocycles. The highest BCUT2D eigenvalue weighted by Crippen LogP contribution is 2.21. The van der Waals surface area contributed by atoms with Crippen LogP contribution in [-0.2, 0) is 19.4 Å². The van der Waals surface area contributed by atoms with E-state index < -0.39 is 21.1 Å². The van der Waals surface area contributed by atoms with Gasteiger partial charge < -0.3 is 9.47 Å². The predicted octanol–water partition coefficient (Wildman–Crippen LogP) is 1.81. The molecule has 19 heavy (non-hydrogen) atoms. The lowest BCUT2D eigenvalue weighted by Crippen LogP contribution is -2.22. The second-order valence-electron chi connectivity index (χ2n) is 4.04. The van der Waals surface area contributed by atoms with Gasteiger partial charge in [0, 0.05) is 0 Å². The summed E-state index contributed by atoms with van der Waals surface area (Å²) in [6.45, 7) is 3.42. The maximum atomic E-state index is 12.2. The van der Waals surface area contributed by atoms with Gasteiger partial charge in [0.25, 0.3) is 0 Å². The maximum absolute atomic E-state index is 12.2. The van der Waals surface area contributed by atoms with Crippen molar-refractivity contribution in [1.29, 1.82) is 0 Å². The number of methoxy groups -OCH3 is 1. The molecule has 0 radical (unpaired) electrons. The van der Waals surface area contributed by atoms with Crippen molar-refractivity contribution >= 4 is 15.8 Å². The quantitative estimate of drug-likeness (QED) is 0.746. The molecule has 0 aliphatic heterocycles. The molecule has 1 unspecified atom stereocenters. The van der Waals surface area contributed by atoms with E-state index in [4.69, 9.17) is 9.47 Å². The lowest BCUT2D eigenvalue weighted by molar-refractivity contribution is -0.143. The molecule has 1 rings (SSSR count). The SMILES string of the molecule is CCOC(=O)CC(C)S(=O)(=O)c1ccc(OC)cc1. The third kappa shape index (κ3) is 3.96. The van der Waals surface area contributed by atoms with Crippen molar-refractivity contribution in [2.75, 3.05) is 13.7 Å². The van der Waals surface area contributed by atoms with Gasteiger partial charge in [0.2, 0.25) is 0 Å². The smallest absolute Gasteiger partial charge is 0.307 e. The monoisotopic (exact) mass is 286 g/mol. The molecule has 6 heteroatoms. The molecule has 0 aromatic heterocycles. The number of carbonyl (C=O) groups is 1. The van der Waals surface area contributed by atoms with Gasteiger partial charge in [-0.1, -0.05) is 0 Å². The Morgan fingerprint density at radius 2 is 1.84 bits per heavy atom. The molecule has 5 nitrogen and oxygen atoms in total. The fourth-order valence-electron chi connectivity index (χ4n) is 1.56. The van der Waals surface area contributed by atoms with Crippen molar-refractivity contribution in [1.82, 2.24) is 0 Å². The van der Waals surface area contributed by atoms with Crippen LogP contribution in [0, 0.1) is 0 Å². The summed E-state index contributed by atoms with van der Waals surface area (Å²) >= 11 is 0. The van der Waals surface area contributed by atoms with Crippen LogP contribution < -0.4 is 4.74 Å². The van der Waals surface area contributed by atoms with E-state index in [1.807, 2.05) is 0 Å². The molecule has 0 N–H and O–H groups in total. The highest BCUT2D eigenvalue weighted by Gasteiger charge is 2.26. The first-order valence-corrected chi connectivity index (χ1v) is 7.50. The van der Waals surface area contributed by atoms with Crippen LogP contribution in [0.2, 0.25) is 0 Å². The van der Waals surface area contributed by atoms with E-state index >= 15 is 0 Å². The van der Waals surface area contributed by atoms with E-state index in [2.05, 4.69) is 0 Å². The fourth-order valence-corrected chi connectivity index (χ4v) is 2.90. The third-order valence-electron chi connectivity index (χ3n) is 2.68. The van der Waals surface area contributed by atoms with Crippen LogP contribution in [0.1, 0.15) is 20.3 Å². The van der Waals surface area contributed by atoms with Crippen LogP contribution in [0.25, 0.3) is 0 Å². The summed E-state index contributed by atoms with van der Waals surface area (Å²) in [5.74, 6) is 0.0732. The first-order chi connectivity index (χ1) is 8.91. The predicted molar refractivity (Wildman–Crippen MR) is 70.9 cm³/mol. The number of ether oxygens (including phenoxy) is 2. The van der Waals surface area contributed by atoms with Gasteiger partial charge in [-0.3, -0.25) is 4.79 Å². The molecule has 1 aromatic rings. The second-order valence-corrected chi connectivity index (χ2v) is 6.41. The number of hydrogen-bond acceptors (Lipinski definition) is 5. The number of sulfone groups is 1. The molecular formula is C13H18O5S. The second kappa shape index (κ2) is 6.56. The van der Waals surface area contributed by atoms with Crippen LogP contribution in [0.5, 0.6) is 5.75 Å². The molecule has 0 amide bonds. The first kappa shape index (κ1) is 15.5. The summed E-state index contributed by atoms with van der Waals surface area (Å²) < 4.78 is 34.2. The van der Waals surface area contributed by atoms with Crippen molar-refractivity contribution < 1.29 is 22.7 Å². The topological polar surface area (TPSA) is 69.7 Å². The Hall–Kier alpha value is -1.56. The number of esters is 1. The highest BCUT2D eigenvalue weighted by atomic mass is 32.2. The van der Waals surface area contributed by atoms with Crippen LogP contribution in [0.3, 0.4) is 0 Å². The molecule has 0 spiro atoms. The van der Waals surface area contributed by atoms with E-state index in [0.29, 0.717) is 5.75 Å². The van der Waals surface area contributed by atoms with Crippen LogP contribution >= 0.6 is 0 Å². The Labute approximate surface area is 113 Å². The summed E-state index contributed by atoms with van der Waals surface area (Å²) in [6, 6.07) is 6.08. The number of benzene rings is 1. The normalized spacial score (nSPS) is 12.8. The molecular weight excluding hydrogens is 268 g/mol. The van der Waals surface area contributed by atoms with Gasteiger partial charge >= 0.3 is 5.97 Å². The van der Waals surface area contributed by atoms with E-state index in [9.17, 15) is 13.2 Å². The van der Waals surface area contributed by atoms with Crippen molar-refractivity contribution in [3.05, 3.63) is 24.3 Å². The molecule has 0 bridgehead atoms. The number of carbonyl (C=O) groups excluding carboxylic acids is 1. The lowest BCUT2D eigenvalue weighted by atomic mass is 10.3. The van der Waals surface area contributed by atoms with Crippen LogP contribution in [0.15, 0.2) is 29.2 Å². The van der Waals surface area contributed by atoms with E-state index in [-0.39, 0.29) is 17.9 Å². The van der Waals surface area contributed by atoms with Crippen molar-refractivity contribution in [3.63, 3.8) is 0 Å². The number of rotatable bonds is 6. The van der Waals surface area contributed by atoms with Crippen molar-refractivity contribution in [3.8, 4) is 5.75 Å². The molecule has 106 valence electrons. The van der Waals surface area contributed by atoms with Gasteiger partial charge in [0.1, 0.15) is 5.75 Å².